The summed E-state index contributed by atoms with van der Waals surface area (Å²) in [4.78, 5) is 21.2. The Labute approximate surface area is 126 Å². The summed E-state index contributed by atoms with van der Waals surface area (Å²) in [6.07, 6.45) is 5.37. The first-order valence-corrected chi connectivity index (χ1v) is 7.47. The summed E-state index contributed by atoms with van der Waals surface area (Å²) in [5, 5.41) is 4.80. The molecule has 3 aromatic heterocycles. The summed E-state index contributed by atoms with van der Waals surface area (Å²) < 4.78 is 1.98. The average Bonchev–Trinajstić information content (AvgIpc) is 3.20. The number of imidazole rings is 1. The molecular formula is C15H14N4OS. The molecule has 21 heavy (non-hydrogen) atoms. The molecule has 0 atom stereocenters. The van der Waals surface area contributed by atoms with Crippen LogP contribution in [-0.4, -0.2) is 27.0 Å². The van der Waals surface area contributed by atoms with Crippen LogP contribution in [0, 0.1) is 0 Å². The van der Waals surface area contributed by atoms with Crippen LogP contribution in [0.2, 0.25) is 0 Å². The molecule has 0 saturated heterocycles. The smallest absolute Gasteiger partial charge is 0.261 e. The lowest BCUT2D eigenvalue weighted by Crippen LogP contribution is -2.26. The number of nitrogens with one attached hydrogen (secondary N) is 1. The van der Waals surface area contributed by atoms with Gasteiger partial charge in [0.25, 0.3) is 5.91 Å². The highest BCUT2D eigenvalue weighted by molar-refractivity contribution is 7.12. The van der Waals surface area contributed by atoms with Crippen molar-refractivity contribution in [2.24, 2.45) is 0 Å². The van der Waals surface area contributed by atoms with Gasteiger partial charge >= 0.3 is 0 Å². The fourth-order valence-corrected chi connectivity index (χ4v) is 2.64. The van der Waals surface area contributed by atoms with Crippen molar-refractivity contribution in [1.29, 1.82) is 0 Å². The van der Waals surface area contributed by atoms with Gasteiger partial charge < -0.3 is 9.88 Å². The lowest BCUT2D eigenvalue weighted by atomic mass is 10.3. The Kier molecular flexibility index (Phi) is 4.07. The predicted octanol–water partition coefficient (Wildman–Crippen LogP) is 2.44. The summed E-state index contributed by atoms with van der Waals surface area (Å²) >= 11 is 1.44. The molecule has 1 N–H and O–H groups in total. The second-order valence-corrected chi connectivity index (χ2v) is 5.34. The number of carbonyl (C=O) groups is 1. The number of amides is 1. The van der Waals surface area contributed by atoms with E-state index in [4.69, 9.17) is 0 Å². The van der Waals surface area contributed by atoms with E-state index in [1.54, 1.807) is 12.4 Å². The Hall–Kier alpha value is -2.47. The zero-order valence-electron chi connectivity index (χ0n) is 11.3. The maximum Gasteiger partial charge on any atom is 0.261 e. The first-order valence-electron chi connectivity index (χ1n) is 6.59. The van der Waals surface area contributed by atoms with Gasteiger partial charge in [-0.1, -0.05) is 12.1 Å². The van der Waals surface area contributed by atoms with Gasteiger partial charge in [0.2, 0.25) is 0 Å². The van der Waals surface area contributed by atoms with Crippen molar-refractivity contribution < 1.29 is 4.79 Å². The van der Waals surface area contributed by atoms with Gasteiger partial charge in [0.05, 0.1) is 4.88 Å². The van der Waals surface area contributed by atoms with E-state index in [1.807, 2.05) is 46.5 Å². The fourth-order valence-electron chi connectivity index (χ4n) is 2.00. The first kappa shape index (κ1) is 13.5. The van der Waals surface area contributed by atoms with Gasteiger partial charge in [-0.15, -0.1) is 11.3 Å². The van der Waals surface area contributed by atoms with Gasteiger partial charge in [-0.05, 0) is 23.6 Å². The van der Waals surface area contributed by atoms with Crippen molar-refractivity contribution in [2.45, 2.75) is 6.54 Å². The number of pyridine rings is 1. The van der Waals surface area contributed by atoms with Crippen LogP contribution in [0.25, 0.3) is 11.5 Å². The van der Waals surface area contributed by atoms with E-state index in [1.165, 1.54) is 11.3 Å². The van der Waals surface area contributed by atoms with E-state index in [2.05, 4.69) is 15.3 Å². The Morgan fingerprint density at radius 1 is 1.19 bits per heavy atom. The molecule has 3 heterocycles. The monoisotopic (exact) mass is 298 g/mol. The van der Waals surface area contributed by atoms with E-state index < -0.39 is 0 Å². The van der Waals surface area contributed by atoms with Gasteiger partial charge in [-0.3, -0.25) is 9.78 Å². The van der Waals surface area contributed by atoms with E-state index in [0.29, 0.717) is 13.1 Å². The highest BCUT2D eigenvalue weighted by atomic mass is 32.1. The van der Waals surface area contributed by atoms with E-state index in [-0.39, 0.29) is 5.91 Å². The first-order chi connectivity index (χ1) is 10.3. The third-order valence-electron chi connectivity index (χ3n) is 2.99. The number of hydrogen-bond donors (Lipinski definition) is 1. The van der Waals surface area contributed by atoms with Crippen LogP contribution in [0.5, 0.6) is 0 Å². The molecule has 0 aliphatic carbocycles. The van der Waals surface area contributed by atoms with E-state index in [0.717, 1.165) is 16.4 Å². The molecule has 3 rings (SSSR count). The zero-order chi connectivity index (χ0) is 14.5. The van der Waals surface area contributed by atoms with Crippen molar-refractivity contribution in [3.63, 3.8) is 0 Å². The lowest BCUT2D eigenvalue weighted by molar-refractivity contribution is 0.0956. The van der Waals surface area contributed by atoms with Crippen LogP contribution < -0.4 is 5.32 Å². The van der Waals surface area contributed by atoms with Crippen molar-refractivity contribution in [1.82, 2.24) is 19.9 Å². The average molecular weight is 298 g/mol. The van der Waals surface area contributed by atoms with Gasteiger partial charge in [0, 0.05) is 31.7 Å². The second kappa shape index (κ2) is 6.32. The molecule has 106 valence electrons. The number of rotatable bonds is 5. The number of hydrogen-bond acceptors (Lipinski definition) is 4. The van der Waals surface area contributed by atoms with Crippen LogP contribution in [-0.2, 0) is 6.54 Å². The minimum atomic E-state index is -0.0375. The lowest BCUT2D eigenvalue weighted by Gasteiger charge is -2.08. The molecule has 0 bridgehead atoms. The number of nitrogens with zero attached hydrogens (tertiary/aromatic N) is 3. The highest BCUT2D eigenvalue weighted by Gasteiger charge is 2.08. The topological polar surface area (TPSA) is 59.8 Å². The molecular weight excluding hydrogens is 284 g/mol. The predicted molar refractivity (Wildman–Crippen MR) is 82.1 cm³/mol. The van der Waals surface area contributed by atoms with Crippen LogP contribution in [0.3, 0.4) is 0 Å². The molecule has 1 amide bonds. The third-order valence-corrected chi connectivity index (χ3v) is 3.86. The molecule has 0 aliphatic heterocycles. The van der Waals surface area contributed by atoms with Crippen LogP contribution in [0.4, 0.5) is 0 Å². The van der Waals surface area contributed by atoms with Crippen molar-refractivity contribution in [3.05, 3.63) is 59.2 Å². The maximum atomic E-state index is 11.9. The van der Waals surface area contributed by atoms with Crippen LogP contribution in [0.15, 0.2) is 54.3 Å². The van der Waals surface area contributed by atoms with Crippen molar-refractivity contribution in [3.8, 4) is 11.5 Å². The molecule has 0 fully saturated rings. The summed E-state index contributed by atoms with van der Waals surface area (Å²) in [5.74, 6) is 0.769. The van der Waals surface area contributed by atoms with Crippen molar-refractivity contribution >= 4 is 17.2 Å². The third kappa shape index (κ3) is 3.17. The molecule has 0 spiro atoms. The van der Waals surface area contributed by atoms with E-state index in [9.17, 15) is 4.79 Å². The molecule has 6 heteroatoms. The number of aromatic nitrogens is 3. The van der Waals surface area contributed by atoms with Crippen LogP contribution in [0.1, 0.15) is 9.67 Å². The van der Waals surface area contributed by atoms with Gasteiger partial charge in [0.1, 0.15) is 5.69 Å². The van der Waals surface area contributed by atoms with Crippen molar-refractivity contribution in [2.75, 3.05) is 6.54 Å². The highest BCUT2D eigenvalue weighted by Crippen LogP contribution is 2.13. The summed E-state index contributed by atoms with van der Waals surface area (Å²) in [7, 11) is 0. The SMILES string of the molecule is O=C(NCCn1ccnc1-c1ccccn1)c1cccs1. The standard InChI is InChI=1S/C15H14N4OS/c20-15(13-5-3-11-21-13)18-8-10-19-9-7-17-14(19)12-4-1-2-6-16-12/h1-7,9,11H,8,10H2,(H,18,20). The molecule has 3 aromatic rings. The minimum absolute atomic E-state index is 0.0375. The second-order valence-electron chi connectivity index (χ2n) is 4.39. The Balaban J connectivity index is 1.62. The van der Waals surface area contributed by atoms with Gasteiger partial charge in [-0.2, -0.15) is 0 Å². The normalized spacial score (nSPS) is 10.5. The maximum absolute atomic E-state index is 11.9. The fraction of sp³-hybridized carbons (Fsp3) is 0.133. The molecule has 0 aromatic carbocycles. The number of carbonyl (C=O) groups excluding carboxylic acids is 1. The quantitative estimate of drug-likeness (QED) is 0.787. The summed E-state index contributed by atoms with van der Waals surface area (Å²) in [6, 6.07) is 9.41. The Morgan fingerprint density at radius 3 is 2.90 bits per heavy atom. The minimum Gasteiger partial charge on any atom is -0.350 e. The summed E-state index contributed by atoms with van der Waals surface area (Å²) in [6.45, 7) is 1.20. The molecule has 5 nitrogen and oxygen atoms in total. The number of thiophene rings is 1. The molecule has 0 radical (unpaired) electrons. The zero-order valence-corrected chi connectivity index (χ0v) is 12.1. The van der Waals surface area contributed by atoms with Gasteiger partial charge in [-0.25, -0.2) is 4.98 Å². The molecule has 0 saturated carbocycles. The molecule has 0 unspecified atom stereocenters. The van der Waals surface area contributed by atoms with E-state index >= 15 is 0 Å². The van der Waals surface area contributed by atoms with Crippen LogP contribution >= 0.6 is 11.3 Å². The largest absolute Gasteiger partial charge is 0.350 e. The van der Waals surface area contributed by atoms with Gasteiger partial charge in [0.15, 0.2) is 5.82 Å². The molecule has 0 aliphatic rings. The summed E-state index contributed by atoms with van der Waals surface area (Å²) in [5.41, 5.74) is 0.826. The Bertz CT molecular complexity index is 706. The Morgan fingerprint density at radius 2 is 2.14 bits per heavy atom.